The number of hydrogen-bond donors (Lipinski definition) is 1. The highest BCUT2D eigenvalue weighted by atomic mass is 16.5. The summed E-state index contributed by atoms with van der Waals surface area (Å²) in [5, 5.41) is 9.09. The van der Waals surface area contributed by atoms with Gasteiger partial charge in [0.25, 0.3) is 0 Å². The van der Waals surface area contributed by atoms with Crippen molar-refractivity contribution < 1.29 is 23.9 Å². The van der Waals surface area contributed by atoms with Gasteiger partial charge in [0, 0.05) is 6.42 Å². The van der Waals surface area contributed by atoms with Crippen LogP contribution in [0.5, 0.6) is 0 Å². The summed E-state index contributed by atoms with van der Waals surface area (Å²) >= 11 is 0. The van der Waals surface area contributed by atoms with Gasteiger partial charge in [0.15, 0.2) is 6.10 Å². The minimum Gasteiger partial charge on any atom is -0.481 e. The van der Waals surface area contributed by atoms with E-state index < -0.39 is 12.1 Å². The number of carboxylic acids is 1. The van der Waals surface area contributed by atoms with Crippen LogP contribution in [-0.2, 0) is 14.3 Å². The third kappa shape index (κ3) is 20.6. The maximum absolute atomic E-state index is 12.1. The first-order valence-corrected chi connectivity index (χ1v) is 13.0. The van der Waals surface area contributed by atoms with Crippen molar-refractivity contribution in [3.05, 3.63) is 0 Å². The van der Waals surface area contributed by atoms with Crippen molar-refractivity contribution in [1.82, 2.24) is 0 Å². The average Bonchev–Trinajstić information content (AvgIpc) is 2.70. The van der Waals surface area contributed by atoms with Crippen molar-refractivity contribution in [3.8, 4) is 0 Å². The number of aliphatic carboxylic acids is 1. The molecule has 5 nitrogen and oxygen atoms in total. The summed E-state index contributed by atoms with van der Waals surface area (Å²) in [4.78, 5) is 23.2. The van der Waals surface area contributed by atoms with Gasteiger partial charge in [-0.25, -0.2) is 0 Å². The lowest BCUT2D eigenvalue weighted by atomic mass is 10.0. The molecule has 0 aliphatic heterocycles. The van der Waals surface area contributed by atoms with Gasteiger partial charge in [0.05, 0.1) is 27.1 Å². The summed E-state index contributed by atoms with van der Waals surface area (Å²) < 4.78 is 6.13. The first kappa shape index (κ1) is 29.9. The van der Waals surface area contributed by atoms with Crippen LogP contribution in [-0.4, -0.2) is 54.8 Å². The van der Waals surface area contributed by atoms with E-state index >= 15 is 0 Å². The molecule has 0 spiro atoms. The highest BCUT2D eigenvalue weighted by Gasteiger charge is 2.26. The second-order valence-electron chi connectivity index (χ2n) is 9.84. The number of likely N-dealkylation sites (N-methyl/N-ethyl adjacent to an activating group) is 1. The fraction of sp³-hybridized carbons (Fsp3) is 0.923. The molecule has 0 aliphatic rings. The van der Waals surface area contributed by atoms with Gasteiger partial charge in [-0.05, 0) is 13.3 Å². The van der Waals surface area contributed by atoms with Crippen LogP contribution in [0.25, 0.3) is 0 Å². The summed E-state index contributed by atoms with van der Waals surface area (Å²) in [6.45, 7) is 5.72. The minimum absolute atomic E-state index is 0.119. The zero-order valence-corrected chi connectivity index (χ0v) is 21.1. The number of unbranched alkanes of at least 4 members (excludes halogenated alkanes) is 14. The molecule has 0 aromatic carbocycles. The molecule has 1 atom stereocenters. The maximum Gasteiger partial charge on any atom is 0.307 e. The Kier molecular flexibility index (Phi) is 18.9. The Morgan fingerprint density at radius 1 is 0.742 bits per heavy atom. The van der Waals surface area contributed by atoms with Gasteiger partial charge in [-0.1, -0.05) is 96.8 Å². The SMILES string of the molecule is CCCCCCCCCCCCCCCCCC(=O)OC(CC(=O)O)C[N+](C)(C)CC. The predicted molar refractivity (Wildman–Crippen MR) is 129 cm³/mol. The standard InChI is InChI=1S/C26H51NO4/c1-5-7-8-9-10-11-12-13-14-15-16-17-18-19-20-21-26(30)31-24(22-25(28)29)23-27(3,4)6-2/h24H,5-23H2,1-4H3/p+1. The highest BCUT2D eigenvalue weighted by molar-refractivity contribution is 5.71. The summed E-state index contributed by atoms with van der Waals surface area (Å²) in [7, 11) is 4.05. The largest absolute Gasteiger partial charge is 0.481 e. The number of carboxylic acid groups (broad SMARTS) is 1. The molecule has 0 heterocycles. The van der Waals surface area contributed by atoms with E-state index in [1.54, 1.807) is 0 Å². The van der Waals surface area contributed by atoms with Crippen molar-refractivity contribution >= 4 is 11.9 Å². The molecule has 0 fully saturated rings. The predicted octanol–water partition coefficient (Wildman–Crippen LogP) is 6.73. The Hall–Kier alpha value is -1.10. The van der Waals surface area contributed by atoms with E-state index in [1.807, 2.05) is 14.1 Å². The number of hydrogen-bond acceptors (Lipinski definition) is 3. The average molecular weight is 443 g/mol. The molecule has 31 heavy (non-hydrogen) atoms. The van der Waals surface area contributed by atoms with Crippen LogP contribution in [0.4, 0.5) is 0 Å². The van der Waals surface area contributed by atoms with E-state index in [0.29, 0.717) is 17.4 Å². The zero-order chi connectivity index (χ0) is 23.4. The molecule has 0 radical (unpaired) electrons. The minimum atomic E-state index is -0.916. The fourth-order valence-electron chi connectivity index (χ4n) is 3.90. The van der Waals surface area contributed by atoms with Crippen molar-refractivity contribution in [2.75, 3.05) is 27.2 Å². The molecule has 1 unspecified atom stereocenters. The van der Waals surface area contributed by atoms with Gasteiger partial charge in [-0.15, -0.1) is 0 Å². The normalized spacial score (nSPS) is 12.6. The van der Waals surface area contributed by atoms with Gasteiger partial charge in [-0.2, -0.15) is 0 Å². The molecule has 0 bridgehead atoms. The van der Waals surface area contributed by atoms with E-state index in [4.69, 9.17) is 9.84 Å². The van der Waals surface area contributed by atoms with Gasteiger partial charge >= 0.3 is 11.9 Å². The van der Waals surface area contributed by atoms with E-state index in [-0.39, 0.29) is 12.4 Å². The van der Waals surface area contributed by atoms with E-state index in [0.717, 1.165) is 19.4 Å². The maximum atomic E-state index is 12.1. The number of quaternary nitrogens is 1. The number of nitrogens with zero attached hydrogens (tertiary/aromatic N) is 1. The number of carbonyl (C=O) groups is 2. The van der Waals surface area contributed by atoms with E-state index in [1.165, 1.54) is 83.5 Å². The van der Waals surface area contributed by atoms with Crippen LogP contribution in [0.15, 0.2) is 0 Å². The van der Waals surface area contributed by atoms with Crippen molar-refractivity contribution in [2.45, 2.75) is 129 Å². The first-order chi connectivity index (χ1) is 14.8. The molecule has 0 saturated heterocycles. The quantitative estimate of drug-likeness (QED) is 0.115. The Morgan fingerprint density at radius 2 is 1.16 bits per heavy atom. The van der Waals surface area contributed by atoms with Crippen LogP contribution < -0.4 is 0 Å². The zero-order valence-electron chi connectivity index (χ0n) is 21.1. The highest BCUT2D eigenvalue weighted by Crippen LogP contribution is 2.14. The molecule has 0 saturated carbocycles. The summed E-state index contributed by atoms with van der Waals surface area (Å²) in [5.41, 5.74) is 0. The molecule has 0 aromatic heterocycles. The smallest absolute Gasteiger partial charge is 0.307 e. The number of rotatable bonds is 22. The van der Waals surface area contributed by atoms with Crippen molar-refractivity contribution in [3.63, 3.8) is 0 Å². The topological polar surface area (TPSA) is 63.6 Å². The fourth-order valence-corrected chi connectivity index (χ4v) is 3.90. The second-order valence-corrected chi connectivity index (χ2v) is 9.84. The molecule has 5 heteroatoms. The van der Waals surface area contributed by atoms with Crippen LogP contribution in [0, 0.1) is 0 Å². The monoisotopic (exact) mass is 442 g/mol. The Bertz CT molecular complexity index is 451. The lowest BCUT2D eigenvalue weighted by molar-refractivity contribution is -0.891. The summed E-state index contributed by atoms with van der Waals surface area (Å²) in [5.74, 6) is -1.17. The molecular formula is C26H52NO4+. The van der Waals surface area contributed by atoms with Crippen LogP contribution in [0.1, 0.15) is 123 Å². The number of carbonyl (C=O) groups excluding carboxylic acids is 1. The van der Waals surface area contributed by atoms with Gasteiger partial charge in [0.1, 0.15) is 6.54 Å². The van der Waals surface area contributed by atoms with Gasteiger partial charge in [0.2, 0.25) is 0 Å². The number of esters is 1. The molecule has 0 aliphatic carbocycles. The first-order valence-electron chi connectivity index (χ1n) is 13.0. The molecule has 1 N–H and O–H groups in total. The van der Waals surface area contributed by atoms with E-state index in [2.05, 4.69) is 13.8 Å². The molecule has 0 amide bonds. The Morgan fingerprint density at radius 3 is 1.55 bits per heavy atom. The molecule has 0 aromatic rings. The van der Waals surface area contributed by atoms with Crippen LogP contribution in [0.3, 0.4) is 0 Å². The summed E-state index contributed by atoms with van der Waals surface area (Å²) in [6, 6.07) is 0. The van der Waals surface area contributed by atoms with Gasteiger partial charge < -0.3 is 14.3 Å². The number of ether oxygens (including phenoxy) is 1. The molecule has 0 rings (SSSR count). The lowest BCUT2D eigenvalue weighted by Gasteiger charge is -2.31. The molecular weight excluding hydrogens is 390 g/mol. The second kappa shape index (κ2) is 19.6. The third-order valence-corrected chi connectivity index (χ3v) is 6.24. The molecule has 184 valence electrons. The Balaban J connectivity index is 3.64. The summed E-state index contributed by atoms with van der Waals surface area (Å²) in [6.07, 6.45) is 19.2. The van der Waals surface area contributed by atoms with Crippen LogP contribution in [0.2, 0.25) is 0 Å². The van der Waals surface area contributed by atoms with Crippen molar-refractivity contribution in [1.29, 1.82) is 0 Å². The van der Waals surface area contributed by atoms with Crippen LogP contribution >= 0.6 is 0 Å². The third-order valence-electron chi connectivity index (χ3n) is 6.24. The lowest BCUT2D eigenvalue weighted by Crippen LogP contribution is -2.46. The Labute approximate surface area is 192 Å². The van der Waals surface area contributed by atoms with Gasteiger partial charge in [-0.3, -0.25) is 9.59 Å². The van der Waals surface area contributed by atoms with Crippen molar-refractivity contribution in [2.24, 2.45) is 0 Å². The van der Waals surface area contributed by atoms with E-state index in [9.17, 15) is 9.59 Å².